The summed E-state index contributed by atoms with van der Waals surface area (Å²) in [7, 11) is 0. The molecular formula is C36H35N3O6. The van der Waals surface area contributed by atoms with Crippen molar-refractivity contribution >= 4 is 29.0 Å². The van der Waals surface area contributed by atoms with Crippen molar-refractivity contribution in [1.29, 1.82) is 0 Å². The van der Waals surface area contributed by atoms with Gasteiger partial charge >= 0.3 is 5.97 Å². The van der Waals surface area contributed by atoms with Gasteiger partial charge in [-0.25, -0.2) is 10.2 Å². The minimum Gasteiger partial charge on any atom is -0.490 e. The van der Waals surface area contributed by atoms with Crippen LogP contribution in [0.15, 0.2) is 90.0 Å². The minimum atomic E-state index is -0.573. The molecule has 0 aliphatic heterocycles. The van der Waals surface area contributed by atoms with E-state index < -0.39 is 5.97 Å². The highest BCUT2D eigenvalue weighted by molar-refractivity contribution is 6.10. The molecule has 0 fully saturated rings. The molecule has 2 N–H and O–H groups in total. The molecule has 45 heavy (non-hydrogen) atoms. The molecule has 1 heterocycles. The van der Waals surface area contributed by atoms with E-state index in [-0.39, 0.29) is 11.7 Å². The van der Waals surface area contributed by atoms with Crippen molar-refractivity contribution in [2.45, 2.75) is 27.7 Å². The van der Waals surface area contributed by atoms with E-state index in [1.165, 1.54) is 6.21 Å². The zero-order valence-electron chi connectivity index (χ0n) is 25.7. The van der Waals surface area contributed by atoms with Crippen molar-refractivity contribution < 1.29 is 28.5 Å². The number of amides is 1. The normalized spacial score (nSPS) is 11.0. The summed E-state index contributed by atoms with van der Waals surface area (Å²) in [6.45, 7) is 8.83. The van der Waals surface area contributed by atoms with Gasteiger partial charge in [-0.2, -0.15) is 5.10 Å². The van der Waals surface area contributed by atoms with Gasteiger partial charge in [-0.1, -0.05) is 42.0 Å². The summed E-state index contributed by atoms with van der Waals surface area (Å²) in [4.78, 5) is 29.6. The first kappa shape index (κ1) is 30.9. The average Bonchev–Trinajstić information content (AvgIpc) is 3.42. The molecule has 9 nitrogen and oxygen atoms in total. The Morgan fingerprint density at radius 2 is 1.47 bits per heavy atom. The molecule has 0 aliphatic carbocycles. The van der Waals surface area contributed by atoms with Crippen molar-refractivity contribution in [3.8, 4) is 34.1 Å². The van der Waals surface area contributed by atoms with Gasteiger partial charge in [0.25, 0.3) is 5.91 Å². The maximum atomic E-state index is 13.3. The predicted molar refractivity (Wildman–Crippen MR) is 175 cm³/mol. The van der Waals surface area contributed by atoms with Gasteiger partial charge in [-0.05, 0) is 87.4 Å². The molecule has 0 radical (unpaired) electrons. The van der Waals surface area contributed by atoms with Crippen molar-refractivity contribution in [2.24, 2.45) is 5.10 Å². The van der Waals surface area contributed by atoms with Crippen LogP contribution in [0.4, 0.5) is 0 Å². The SMILES string of the molecule is CCOc1ccc(C(=O)Oc2ccc(C=NNC(=O)c3[nH]c4ccc(C)cc4c3-c3ccccc3)cc2OCC)cc1OCC. The summed E-state index contributed by atoms with van der Waals surface area (Å²) in [5.74, 6) is 0.668. The molecule has 0 spiro atoms. The first-order chi connectivity index (χ1) is 21.9. The summed E-state index contributed by atoms with van der Waals surface area (Å²) >= 11 is 0. The predicted octanol–water partition coefficient (Wildman–Crippen LogP) is 7.32. The number of hydrogen-bond donors (Lipinski definition) is 2. The second-order valence-corrected chi connectivity index (χ2v) is 10.0. The summed E-state index contributed by atoms with van der Waals surface area (Å²) in [5, 5.41) is 5.16. The zero-order valence-corrected chi connectivity index (χ0v) is 25.7. The van der Waals surface area contributed by atoms with Gasteiger partial charge in [0.2, 0.25) is 0 Å². The minimum absolute atomic E-state index is 0.246. The van der Waals surface area contributed by atoms with Crippen LogP contribution >= 0.6 is 0 Å². The maximum Gasteiger partial charge on any atom is 0.343 e. The molecule has 0 saturated carbocycles. The van der Waals surface area contributed by atoms with Gasteiger partial charge < -0.3 is 23.9 Å². The Bertz CT molecular complexity index is 1850. The Hall–Kier alpha value is -5.57. The lowest BCUT2D eigenvalue weighted by Crippen LogP contribution is -2.18. The number of aromatic nitrogens is 1. The van der Waals surface area contributed by atoms with E-state index in [2.05, 4.69) is 21.6 Å². The Labute approximate surface area is 261 Å². The number of fused-ring (bicyclic) bond motifs is 1. The number of aryl methyl sites for hydroxylation is 1. The summed E-state index contributed by atoms with van der Waals surface area (Å²) in [6.07, 6.45) is 1.50. The summed E-state index contributed by atoms with van der Waals surface area (Å²) < 4.78 is 22.7. The van der Waals surface area contributed by atoms with E-state index >= 15 is 0 Å². The van der Waals surface area contributed by atoms with Crippen LogP contribution in [0.25, 0.3) is 22.0 Å². The van der Waals surface area contributed by atoms with Crippen LogP contribution in [0.2, 0.25) is 0 Å². The number of nitrogens with one attached hydrogen (secondary N) is 2. The van der Waals surface area contributed by atoms with Crippen LogP contribution in [0.5, 0.6) is 23.0 Å². The zero-order chi connectivity index (χ0) is 31.8. The molecule has 0 aliphatic rings. The lowest BCUT2D eigenvalue weighted by molar-refractivity contribution is 0.0727. The quantitative estimate of drug-likeness (QED) is 0.0667. The molecule has 230 valence electrons. The molecule has 5 aromatic rings. The number of hydrazone groups is 1. The molecule has 0 atom stereocenters. The van der Waals surface area contributed by atoms with Crippen molar-refractivity contribution in [1.82, 2.24) is 10.4 Å². The van der Waals surface area contributed by atoms with E-state index in [9.17, 15) is 9.59 Å². The number of ether oxygens (including phenoxy) is 4. The smallest absolute Gasteiger partial charge is 0.343 e. The molecule has 0 unspecified atom stereocenters. The van der Waals surface area contributed by atoms with Gasteiger partial charge in [-0.15, -0.1) is 0 Å². The Kier molecular flexibility index (Phi) is 9.79. The standard InChI is InChI=1S/C36H35N3O6/c1-5-42-29-18-15-26(21-32(29)44-7-3)36(41)45-30-17-14-24(20-31(30)43-6-2)22-37-39-35(40)34-33(25-11-9-8-10-12-25)27-19-23(4)13-16-28(27)38-34/h8-22,38H,5-7H2,1-4H3,(H,39,40). The molecule has 4 aromatic carbocycles. The second-order valence-electron chi connectivity index (χ2n) is 10.0. The number of hydrogen-bond acceptors (Lipinski definition) is 7. The fourth-order valence-electron chi connectivity index (χ4n) is 4.90. The molecule has 9 heteroatoms. The average molecular weight is 606 g/mol. The molecule has 0 saturated heterocycles. The number of benzene rings is 4. The van der Waals surface area contributed by atoms with E-state index in [1.54, 1.807) is 36.4 Å². The van der Waals surface area contributed by atoms with E-state index in [4.69, 9.17) is 18.9 Å². The number of esters is 1. The van der Waals surface area contributed by atoms with Crippen LogP contribution in [-0.4, -0.2) is 42.9 Å². The highest BCUT2D eigenvalue weighted by atomic mass is 16.6. The van der Waals surface area contributed by atoms with Crippen LogP contribution < -0.4 is 24.4 Å². The number of carbonyl (C=O) groups excluding carboxylic acids is 2. The largest absolute Gasteiger partial charge is 0.490 e. The maximum absolute atomic E-state index is 13.3. The third kappa shape index (κ3) is 7.15. The third-order valence-electron chi connectivity index (χ3n) is 6.87. The number of carbonyl (C=O) groups is 2. The molecule has 1 amide bonds. The molecule has 1 aromatic heterocycles. The van der Waals surface area contributed by atoms with Crippen LogP contribution in [0, 0.1) is 6.92 Å². The Balaban J connectivity index is 1.34. The Morgan fingerprint density at radius 3 is 2.20 bits per heavy atom. The van der Waals surface area contributed by atoms with Gasteiger partial charge in [0.05, 0.1) is 31.6 Å². The van der Waals surface area contributed by atoms with Crippen molar-refractivity contribution in [3.05, 3.63) is 107 Å². The fourth-order valence-corrected chi connectivity index (χ4v) is 4.90. The topological polar surface area (TPSA) is 111 Å². The van der Waals surface area contributed by atoms with Crippen molar-refractivity contribution in [2.75, 3.05) is 19.8 Å². The number of aromatic amines is 1. The summed E-state index contributed by atoms with van der Waals surface area (Å²) in [6, 6.07) is 25.7. The van der Waals surface area contributed by atoms with Gasteiger partial charge in [-0.3, -0.25) is 4.79 Å². The molecule has 5 rings (SSSR count). The fraction of sp³-hybridized carbons (Fsp3) is 0.194. The molecule has 0 bridgehead atoms. The lowest BCUT2D eigenvalue weighted by atomic mass is 10.0. The van der Waals surface area contributed by atoms with Gasteiger partial charge in [0.15, 0.2) is 23.0 Å². The van der Waals surface area contributed by atoms with E-state index in [0.717, 1.165) is 27.6 Å². The lowest BCUT2D eigenvalue weighted by Gasteiger charge is -2.13. The highest BCUT2D eigenvalue weighted by Crippen LogP contribution is 2.34. The first-order valence-electron chi connectivity index (χ1n) is 14.8. The Morgan fingerprint density at radius 1 is 0.778 bits per heavy atom. The molecular weight excluding hydrogens is 570 g/mol. The van der Waals surface area contributed by atoms with Gasteiger partial charge in [0, 0.05) is 16.5 Å². The van der Waals surface area contributed by atoms with Gasteiger partial charge in [0.1, 0.15) is 5.69 Å². The second kappa shape index (κ2) is 14.3. The number of rotatable bonds is 12. The van der Waals surface area contributed by atoms with Crippen LogP contribution in [0.1, 0.15) is 52.7 Å². The number of nitrogens with zero attached hydrogens (tertiary/aromatic N) is 1. The monoisotopic (exact) mass is 605 g/mol. The van der Waals surface area contributed by atoms with E-state index in [1.807, 2.05) is 70.2 Å². The van der Waals surface area contributed by atoms with Crippen LogP contribution in [0.3, 0.4) is 0 Å². The highest BCUT2D eigenvalue weighted by Gasteiger charge is 2.20. The van der Waals surface area contributed by atoms with Crippen molar-refractivity contribution in [3.63, 3.8) is 0 Å². The third-order valence-corrected chi connectivity index (χ3v) is 6.87. The van der Waals surface area contributed by atoms with E-state index in [0.29, 0.717) is 53.9 Å². The summed E-state index contributed by atoms with van der Waals surface area (Å²) in [5.41, 5.74) is 7.68. The number of H-pyrrole nitrogens is 1. The van der Waals surface area contributed by atoms with Crippen LogP contribution in [-0.2, 0) is 0 Å². The first-order valence-corrected chi connectivity index (χ1v) is 14.8.